The van der Waals surface area contributed by atoms with Crippen molar-refractivity contribution >= 4 is 23.1 Å². The molecule has 5 heteroatoms. The maximum absolute atomic E-state index is 4.75. The van der Waals surface area contributed by atoms with Crippen LogP contribution in [0.3, 0.4) is 0 Å². The van der Waals surface area contributed by atoms with Gasteiger partial charge in [-0.25, -0.2) is 4.98 Å². The fraction of sp³-hybridized carbons (Fsp3) is 0.500. The minimum atomic E-state index is 0.857. The zero-order valence-electron chi connectivity index (χ0n) is 15.0. The van der Waals surface area contributed by atoms with Gasteiger partial charge in [-0.05, 0) is 63.3 Å². The van der Waals surface area contributed by atoms with Crippen LogP contribution in [0.4, 0.5) is 23.1 Å². The first kappa shape index (κ1) is 16.2. The molecule has 1 aromatic heterocycles. The van der Waals surface area contributed by atoms with Gasteiger partial charge in [0.05, 0.1) is 0 Å². The first-order chi connectivity index (χ1) is 12.3. The summed E-state index contributed by atoms with van der Waals surface area (Å²) in [5.41, 5.74) is 3.40. The molecule has 0 amide bonds. The van der Waals surface area contributed by atoms with Crippen LogP contribution in [0, 0.1) is 6.92 Å². The highest BCUT2D eigenvalue weighted by molar-refractivity contribution is 5.62. The second kappa shape index (κ2) is 7.30. The summed E-state index contributed by atoms with van der Waals surface area (Å²) in [5.74, 6) is 1.73. The van der Waals surface area contributed by atoms with E-state index >= 15 is 0 Å². The van der Waals surface area contributed by atoms with Crippen LogP contribution in [-0.2, 0) is 0 Å². The third-order valence-corrected chi connectivity index (χ3v) is 5.09. The van der Waals surface area contributed by atoms with E-state index in [4.69, 9.17) is 4.98 Å². The highest BCUT2D eigenvalue weighted by atomic mass is 15.3. The molecule has 2 aliphatic heterocycles. The molecular weight excluding hydrogens is 310 g/mol. The molecule has 0 saturated carbocycles. The lowest BCUT2D eigenvalue weighted by molar-refractivity contribution is 0.568. The molecule has 0 bridgehead atoms. The van der Waals surface area contributed by atoms with Gasteiger partial charge in [0.2, 0.25) is 5.95 Å². The summed E-state index contributed by atoms with van der Waals surface area (Å²) >= 11 is 0. The Labute approximate surface area is 150 Å². The number of hydrogen-bond donors (Lipinski definition) is 1. The maximum atomic E-state index is 4.75. The molecule has 25 heavy (non-hydrogen) atoms. The van der Waals surface area contributed by atoms with Crippen molar-refractivity contribution in [3.05, 3.63) is 36.0 Å². The summed E-state index contributed by atoms with van der Waals surface area (Å²) in [6, 6.07) is 10.7. The number of piperidine rings is 1. The maximum Gasteiger partial charge on any atom is 0.227 e. The van der Waals surface area contributed by atoms with Crippen LogP contribution >= 0.6 is 0 Å². The molecule has 2 aromatic rings. The van der Waals surface area contributed by atoms with Crippen LogP contribution in [0.15, 0.2) is 30.3 Å². The van der Waals surface area contributed by atoms with Crippen molar-refractivity contribution in [1.82, 2.24) is 9.97 Å². The van der Waals surface area contributed by atoms with Crippen LogP contribution < -0.4 is 15.1 Å². The molecule has 132 valence electrons. The van der Waals surface area contributed by atoms with Gasteiger partial charge in [-0.2, -0.15) is 4.98 Å². The molecule has 0 atom stereocenters. The fourth-order valence-corrected chi connectivity index (χ4v) is 3.73. The molecule has 1 N–H and O–H groups in total. The highest BCUT2D eigenvalue weighted by Gasteiger charge is 2.15. The lowest BCUT2D eigenvalue weighted by Gasteiger charge is -2.27. The van der Waals surface area contributed by atoms with Crippen molar-refractivity contribution in [3.63, 3.8) is 0 Å². The number of nitrogens with one attached hydrogen (secondary N) is 1. The predicted octanol–water partition coefficient (Wildman–Crippen LogP) is 4.12. The monoisotopic (exact) mass is 337 g/mol. The van der Waals surface area contributed by atoms with E-state index < -0.39 is 0 Å². The Morgan fingerprint density at radius 1 is 0.800 bits per heavy atom. The van der Waals surface area contributed by atoms with Gasteiger partial charge in [0, 0.05) is 49.3 Å². The molecular formula is C20H27N5. The average Bonchev–Trinajstić information content (AvgIpc) is 3.17. The van der Waals surface area contributed by atoms with E-state index in [1.54, 1.807) is 0 Å². The summed E-state index contributed by atoms with van der Waals surface area (Å²) in [6.07, 6.45) is 6.39. The molecule has 3 heterocycles. The van der Waals surface area contributed by atoms with Crippen molar-refractivity contribution in [2.24, 2.45) is 0 Å². The predicted molar refractivity (Wildman–Crippen MR) is 104 cm³/mol. The first-order valence-electron chi connectivity index (χ1n) is 9.51. The zero-order chi connectivity index (χ0) is 17.1. The normalized spacial score (nSPS) is 17.8. The van der Waals surface area contributed by atoms with Crippen LogP contribution in [-0.4, -0.2) is 36.1 Å². The van der Waals surface area contributed by atoms with E-state index in [2.05, 4.69) is 44.4 Å². The fourth-order valence-electron chi connectivity index (χ4n) is 3.73. The van der Waals surface area contributed by atoms with Gasteiger partial charge in [0.15, 0.2) is 0 Å². The number of aromatic nitrogens is 2. The number of aryl methyl sites for hydroxylation is 1. The molecule has 2 aliphatic rings. The molecule has 2 fully saturated rings. The molecule has 2 saturated heterocycles. The third-order valence-electron chi connectivity index (χ3n) is 5.09. The summed E-state index contributed by atoms with van der Waals surface area (Å²) in [5, 5.41) is 3.45. The van der Waals surface area contributed by atoms with Gasteiger partial charge >= 0.3 is 0 Å². The second-order valence-electron chi connectivity index (χ2n) is 7.11. The quantitative estimate of drug-likeness (QED) is 0.909. The van der Waals surface area contributed by atoms with Crippen molar-refractivity contribution < 1.29 is 0 Å². The molecule has 4 rings (SSSR count). The first-order valence-corrected chi connectivity index (χ1v) is 9.51. The largest absolute Gasteiger partial charge is 0.372 e. The van der Waals surface area contributed by atoms with Gasteiger partial charge in [-0.15, -0.1) is 0 Å². The highest BCUT2D eigenvalue weighted by Crippen LogP contribution is 2.25. The number of nitrogens with zero attached hydrogens (tertiary/aromatic N) is 4. The van der Waals surface area contributed by atoms with E-state index in [1.807, 2.05) is 13.0 Å². The topological polar surface area (TPSA) is 44.3 Å². The summed E-state index contributed by atoms with van der Waals surface area (Å²) in [7, 11) is 0. The minimum absolute atomic E-state index is 0.857. The van der Waals surface area contributed by atoms with Crippen LogP contribution in [0.25, 0.3) is 0 Å². The lowest BCUT2D eigenvalue weighted by atomic mass is 10.1. The Balaban J connectivity index is 1.48. The van der Waals surface area contributed by atoms with Crippen molar-refractivity contribution in [3.8, 4) is 0 Å². The van der Waals surface area contributed by atoms with E-state index in [0.29, 0.717) is 0 Å². The van der Waals surface area contributed by atoms with E-state index in [9.17, 15) is 0 Å². The smallest absolute Gasteiger partial charge is 0.227 e. The molecule has 0 radical (unpaired) electrons. The Morgan fingerprint density at radius 3 is 2.16 bits per heavy atom. The summed E-state index contributed by atoms with van der Waals surface area (Å²) in [6.45, 7) is 6.52. The Bertz CT molecular complexity index is 701. The van der Waals surface area contributed by atoms with E-state index in [1.165, 1.54) is 50.9 Å². The number of anilines is 4. The van der Waals surface area contributed by atoms with Gasteiger partial charge in [0.1, 0.15) is 5.82 Å². The molecule has 0 aliphatic carbocycles. The molecule has 5 nitrogen and oxygen atoms in total. The van der Waals surface area contributed by atoms with Crippen molar-refractivity contribution in [2.45, 2.75) is 39.0 Å². The minimum Gasteiger partial charge on any atom is -0.372 e. The van der Waals surface area contributed by atoms with Gasteiger partial charge < -0.3 is 15.1 Å². The SMILES string of the molecule is Cc1cc(Nc2ccc(N3CCCC3)cc2)nc(N2CCCCC2)n1. The molecule has 0 unspecified atom stereocenters. The molecule has 0 spiro atoms. The second-order valence-corrected chi connectivity index (χ2v) is 7.11. The third kappa shape index (κ3) is 3.86. The number of rotatable bonds is 4. The van der Waals surface area contributed by atoms with Crippen LogP contribution in [0.1, 0.15) is 37.8 Å². The van der Waals surface area contributed by atoms with Crippen molar-refractivity contribution in [2.75, 3.05) is 41.3 Å². The lowest BCUT2D eigenvalue weighted by Crippen LogP contribution is -2.31. The van der Waals surface area contributed by atoms with Gasteiger partial charge in [-0.1, -0.05) is 0 Å². The summed E-state index contributed by atoms with van der Waals surface area (Å²) in [4.78, 5) is 14.1. The Morgan fingerprint density at radius 2 is 1.44 bits per heavy atom. The number of benzene rings is 1. The van der Waals surface area contributed by atoms with Gasteiger partial charge in [0.25, 0.3) is 0 Å². The van der Waals surface area contributed by atoms with Gasteiger partial charge in [-0.3, -0.25) is 0 Å². The standard InChI is InChI=1S/C20H27N5/c1-16-15-19(23-20(21-16)25-13-3-2-4-14-25)22-17-7-9-18(10-8-17)24-11-5-6-12-24/h7-10,15H,2-6,11-14H2,1H3,(H,21,22,23). The van der Waals surface area contributed by atoms with Crippen molar-refractivity contribution in [1.29, 1.82) is 0 Å². The van der Waals surface area contributed by atoms with Crippen LogP contribution in [0.5, 0.6) is 0 Å². The average molecular weight is 337 g/mol. The van der Waals surface area contributed by atoms with E-state index in [0.717, 1.165) is 36.2 Å². The zero-order valence-corrected chi connectivity index (χ0v) is 15.0. The molecule has 1 aromatic carbocycles. The van der Waals surface area contributed by atoms with Crippen LogP contribution in [0.2, 0.25) is 0 Å². The summed E-state index contributed by atoms with van der Waals surface area (Å²) < 4.78 is 0. The Hall–Kier alpha value is -2.30. The van der Waals surface area contributed by atoms with E-state index in [-0.39, 0.29) is 0 Å². The number of hydrogen-bond acceptors (Lipinski definition) is 5. The Kier molecular flexibility index (Phi) is 4.72.